The Kier molecular flexibility index (Phi) is 9.88. The highest BCUT2D eigenvalue weighted by Gasteiger charge is 2.50. The Morgan fingerprint density at radius 1 is 0.278 bits per heavy atom. The van der Waals surface area contributed by atoms with Crippen molar-refractivity contribution >= 4 is 47.8 Å². The molecule has 0 bridgehead atoms. The lowest BCUT2D eigenvalue weighted by Gasteiger charge is -2.33. The maximum Gasteiger partial charge on any atom is 0.307 e. The van der Waals surface area contributed by atoms with E-state index >= 15 is 0 Å². The molecule has 8 unspecified atom stereocenters. The molecule has 0 heterocycles. The van der Waals surface area contributed by atoms with Gasteiger partial charge in [0, 0.05) is 0 Å². The number of aliphatic carboxylic acids is 8. The molecule has 2 saturated carbocycles. The molecule has 0 radical (unpaired) electrons. The Balaban J connectivity index is 0.000000360. The molecule has 0 aromatic rings. The molecule has 2 aliphatic rings. The van der Waals surface area contributed by atoms with Crippen molar-refractivity contribution in [2.75, 3.05) is 0 Å². The van der Waals surface area contributed by atoms with Crippen LogP contribution in [0.2, 0.25) is 0 Å². The zero-order valence-corrected chi connectivity index (χ0v) is 18.3. The number of rotatable bonds is 8. The third-order valence-corrected chi connectivity index (χ3v) is 6.51. The second-order valence-electron chi connectivity index (χ2n) is 8.50. The first-order valence-electron chi connectivity index (χ1n) is 10.3. The van der Waals surface area contributed by atoms with Gasteiger partial charge in [-0.3, -0.25) is 38.4 Å². The molecule has 2 rings (SSSR count). The lowest BCUT2D eigenvalue weighted by Crippen LogP contribution is -2.44. The van der Waals surface area contributed by atoms with Crippen molar-refractivity contribution in [3.05, 3.63) is 0 Å². The van der Waals surface area contributed by atoms with Gasteiger partial charge in [-0.25, -0.2) is 0 Å². The van der Waals surface area contributed by atoms with Crippen molar-refractivity contribution < 1.29 is 79.2 Å². The highest BCUT2D eigenvalue weighted by molar-refractivity contribution is 5.86. The maximum absolute atomic E-state index is 10.9. The fourth-order valence-corrected chi connectivity index (χ4v) is 4.59. The smallest absolute Gasteiger partial charge is 0.307 e. The number of carboxylic acid groups (broad SMARTS) is 8. The van der Waals surface area contributed by atoms with E-state index in [1.807, 2.05) is 0 Å². The minimum absolute atomic E-state index is 0.487. The van der Waals surface area contributed by atoms with Crippen LogP contribution in [0.3, 0.4) is 0 Å². The van der Waals surface area contributed by atoms with Gasteiger partial charge in [0.25, 0.3) is 0 Å². The van der Waals surface area contributed by atoms with E-state index in [1.165, 1.54) is 0 Å². The Hall–Kier alpha value is -4.24. The first-order valence-corrected chi connectivity index (χ1v) is 10.3. The second kappa shape index (κ2) is 11.9. The topological polar surface area (TPSA) is 298 Å². The summed E-state index contributed by atoms with van der Waals surface area (Å²) in [5.41, 5.74) is 0. The van der Waals surface area contributed by atoms with Crippen LogP contribution in [-0.2, 0) is 38.4 Å². The third kappa shape index (κ3) is 6.89. The summed E-state index contributed by atoms with van der Waals surface area (Å²) < 4.78 is 0. The summed E-state index contributed by atoms with van der Waals surface area (Å²) in [5, 5.41) is 71.0. The van der Waals surface area contributed by atoms with Crippen LogP contribution < -0.4 is 0 Å². The first kappa shape index (κ1) is 29.8. The highest BCUT2D eigenvalue weighted by atomic mass is 16.4. The van der Waals surface area contributed by atoms with E-state index in [-0.39, 0.29) is 0 Å². The van der Waals surface area contributed by atoms with E-state index < -0.39 is 121 Å². The summed E-state index contributed by atoms with van der Waals surface area (Å²) in [7, 11) is 0. The zero-order valence-electron chi connectivity index (χ0n) is 18.3. The van der Waals surface area contributed by atoms with Gasteiger partial charge in [0.05, 0.1) is 47.3 Å². The molecule has 36 heavy (non-hydrogen) atoms. The molecule has 16 nitrogen and oxygen atoms in total. The van der Waals surface area contributed by atoms with Crippen LogP contribution in [0.4, 0.5) is 0 Å². The van der Waals surface area contributed by atoms with Crippen LogP contribution in [0.25, 0.3) is 0 Å². The van der Waals surface area contributed by atoms with Crippen molar-refractivity contribution in [2.24, 2.45) is 47.3 Å². The van der Waals surface area contributed by atoms with Crippen LogP contribution in [0.5, 0.6) is 0 Å². The van der Waals surface area contributed by atoms with E-state index in [2.05, 4.69) is 0 Å². The summed E-state index contributed by atoms with van der Waals surface area (Å²) >= 11 is 0. The molecular weight excluding hydrogens is 496 g/mol. The van der Waals surface area contributed by atoms with Crippen LogP contribution in [-0.4, -0.2) is 88.6 Å². The van der Waals surface area contributed by atoms with Crippen LogP contribution in [0.1, 0.15) is 25.7 Å². The van der Waals surface area contributed by atoms with E-state index in [4.69, 9.17) is 40.9 Å². The largest absolute Gasteiger partial charge is 0.481 e. The number of carboxylic acids is 8. The normalized spacial score (nSPS) is 31.6. The lowest BCUT2D eigenvalue weighted by molar-refractivity contribution is -0.167. The highest BCUT2D eigenvalue weighted by Crippen LogP contribution is 2.40. The molecule has 0 aliphatic heterocycles. The Bertz CT molecular complexity index is 729. The lowest BCUT2D eigenvalue weighted by atomic mass is 9.68. The molecule has 0 aromatic heterocycles. The minimum Gasteiger partial charge on any atom is -0.481 e. The molecule has 2 fully saturated rings. The quantitative estimate of drug-likeness (QED) is 0.193. The molecule has 200 valence electrons. The summed E-state index contributed by atoms with van der Waals surface area (Å²) in [4.78, 5) is 87.3. The van der Waals surface area contributed by atoms with Gasteiger partial charge in [-0.1, -0.05) is 0 Å². The SMILES string of the molecule is O=C(O)C1CC(C(=O)O)C(C(=O)O)CC1C(=O)O.O=C(O)C1CC(C(=O)O)C(C(=O)O)CC1C(=O)O. The van der Waals surface area contributed by atoms with Gasteiger partial charge in [0.1, 0.15) is 0 Å². The van der Waals surface area contributed by atoms with Crippen LogP contribution in [0, 0.1) is 47.3 Å². The predicted molar refractivity (Wildman–Crippen MR) is 107 cm³/mol. The van der Waals surface area contributed by atoms with Crippen molar-refractivity contribution in [1.82, 2.24) is 0 Å². The van der Waals surface area contributed by atoms with Gasteiger partial charge in [0.2, 0.25) is 0 Å². The van der Waals surface area contributed by atoms with E-state index in [0.29, 0.717) is 0 Å². The molecule has 0 amide bonds. The monoisotopic (exact) mass is 520 g/mol. The van der Waals surface area contributed by atoms with Crippen molar-refractivity contribution in [3.63, 3.8) is 0 Å². The fraction of sp³-hybridized carbons (Fsp3) is 0.600. The van der Waals surface area contributed by atoms with Crippen molar-refractivity contribution in [3.8, 4) is 0 Å². The Morgan fingerprint density at radius 2 is 0.361 bits per heavy atom. The van der Waals surface area contributed by atoms with Gasteiger partial charge in [-0.2, -0.15) is 0 Å². The van der Waals surface area contributed by atoms with Crippen LogP contribution in [0.15, 0.2) is 0 Å². The average molecular weight is 520 g/mol. The number of hydrogen-bond donors (Lipinski definition) is 8. The van der Waals surface area contributed by atoms with Crippen molar-refractivity contribution in [1.29, 1.82) is 0 Å². The van der Waals surface area contributed by atoms with Gasteiger partial charge in [-0.15, -0.1) is 0 Å². The molecule has 8 N–H and O–H groups in total. The molecule has 0 spiro atoms. The Morgan fingerprint density at radius 3 is 0.417 bits per heavy atom. The third-order valence-electron chi connectivity index (χ3n) is 6.51. The summed E-state index contributed by atoms with van der Waals surface area (Å²) in [5.74, 6) is -22.4. The molecule has 8 atom stereocenters. The average Bonchev–Trinajstić information content (AvgIpc) is 2.76. The number of hydrogen-bond acceptors (Lipinski definition) is 8. The molecular formula is C20H24O16. The standard InChI is InChI=1S/2C10H12O8/c2*11-7(12)3-1-4(8(13)14)6(10(17)18)2-5(3)9(15)16/h2*3-6H,1-2H2,(H,11,12)(H,13,14)(H,15,16)(H,17,18). The van der Waals surface area contributed by atoms with Gasteiger partial charge in [0.15, 0.2) is 0 Å². The van der Waals surface area contributed by atoms with Crippen molar-refractivity contribution in [2.45, 2.75) is 25.7 Å². The molecule has 0 saturated heterocycles. The van der Waals surface area contributed by atoms with E-state index in [0.717, 1.165) is 0 Å². The molecule has 2 aliphatic carbocycles. The number of carbonyl (C=O) groups is 8. The second-order valence-corrected chi connectivity index (χ2v) is 8.50. The maximum atomic E-state index is 10.9. The van der Waals surface area contributed by atoms with Gasteiger partial charge >= 0.3 is 47.8 Å². The van der Waals surface area contributed by atoms with Gasteiger partial charge < -0.3 is 40.9 Å². The first-order chi connectivity index (χ1) is 16.5. The zero-order chi connectivity index (χ0) is 28.1. The minimum atomic E-state index is -1.42. The summed E-state index contributed by atoms with van der Waals surface area (Å²) in [6.07, 6.45) is -1.95. The fourth-order valence-electron chi connectivity index (χ4n) is 4.59. The van der Waals surface area contributed by atoms with Crippen LogP contribution >= 0.6 is 0 Å². The summed E-state index contributed by atoms with van der Waals surface area (Å²) in [6.45, 7) is 0. The van der Waals surface area contributed by atoms with Gasteiger partial charge in [-0.05, 0) is 25.7 Å². The predicted octanol–water partition coefficient (Wildman–Crippen LogP) is -0.833. The molecule has 16 heteroatoms. The Labute approximate surface area is 200 Å². The van der Waals surface area contributed by atoms with E-state index in [9.17, 15) is 38.4 Å². The molecule has 0 aromatic carbocycles. The summed E-state index contributed by atoms with van der Waals surface area (Å²) in [6, 6.07) is 0. The van der Waals surface area contributed by atoms with E-state index in [1.54, 1.807) is 0 Å².